The second-order valence-electron chi connectivity index (χ2n) is 3.35. The van der Waals surface area contributed by atoms with Gasteiger partial charge in [0.15, 0.2) is 0 Å². The van der Waals surface area contributed by atoms with E-state index in [0.717, 1.165) is 0 Å². The summed E-state index contributed by atoms with van der Waals surface area (Å²) < 4.78 is 0. The molecular formula is C15H13+. The predicted molar refractivity (Wildman–Crippen MR) is 65.3 cm³/mol. The Balaban J connectivity index is 1.97. The van der Waals surface area contributed by atoms with Gasteiger partial charge in [-0.15, -0.1) is 0 Å². The van der Waals surface area contributed by atoms with Crippen LogP contribution in [0.5, 0.6) is 0 Å². The molecule has 72 valence electrons. The molecule has 0 saturated heterocycles. The summed E-state index contributed by atoms with van der Waals surface area (Å²) in [5, 5.41) is 0. The van der Waals surface area contributed by atoms with Crippen LogP contribution in [0, 0.1) is 6.42 Å². The predicted octanol–water partition coefficient (Wildman–Crippen LogP) is 3.95. The van der Waals surface area contributed by atoms with Crippen LogP contribution in [-0.4, -0.2) is 0 Å². The van der Waals surface area contributed by atoms with E-state index in [1.54, 1.807) is 0 Å². The second kappa shape index (κ2) is 5.06. The van der Waals surface area contributed by atoms with Gasteiger partial charge in [0.2, 0.25) is 0 Å². The molecule has 0 fully saturated rings. The van der Waals surface area contributed by atoms with E-state index in [4.69, 9.17) is 0 Å². The lowest BCUT2D eigenvalue weighted by atomic mass is 10.1. The van der Waals surface area contributed by atoms with Gasteiger partial charge in [0.1, 0.15) is 0 Å². The van der Waals surface area contributed by atoms with E-state index in [2.05, 4.69) is 42.8 Å². The first-order chi connectivity index (χ1) is 7.45. The Morgan fingerprint density at radius 1 is 0.733 bits per heavy atom. The van der Waals surface area contributed by atoms with Crippen molar-refractivity contribution in [1.29, 1.82) is 0 Å². The van der Waals surface area contributed by atoms with Crippen molar-refractivity contribution in [1.82, 2.24) is 0 Å². The topological polar surface area (TPSA) is 0 Å². The number of hydrogen-bond acceptors (Lipinski definition) is 0. The molecular weight excluding hydrogens is 180 g/mol. The summed E-state index contributed by atoms with van der Waals surface area (Å²) in [7, 11) is 0. The third kappa shape index (κ3) is 3.03. The Bertz CT molecular complexity index is 412. The van der Waals surface area contributed by atoms with Crippen molar-refractivity contribution >= 4 is 6.08 Å². The normalized spacial score (nSPS) is 10.4. The van der Waals surface area contributed by atoms with Gasteiger partial charge < -0.3 is 0 Å². The fourth-order valence-corrected chi connectivity index (χ4v) is 1.40. The maximum atomic E-state index is 2.10. The fraction of sp³-hybridized carbons (Fsp3) is 0. The zero-order valence-electron chi connectivity index (χ0n) is 8.51. The zero-order valence-corrected chi connectivity index (χ0v) is 8.51. The highest BCUT2D eigenvalue weighted by Gasteiger charge is 1.93. The Morgan fingerprint density at radius 3 is 2.00 bits per heavy atom. The van der Waals surface area contributed by atoms with E-state index in [1.165, 1.54) is 11.1 Å². The molecule has 0 radical (unpaired) electrons. The molecule has 0 saturated carbocycles. The Morgan fingerprint density at radius 2 is 1.33 bits per heavy atom. The molecule has 0 nitrogen and oxygen atoms in total. The molecule has 2 aromatic carbocycles. The summed E-state index contributed by atoms with van der Waals surface area (Å²) in [4.78, 5) is 0. The summed E-state index contributed by atoms with van der Waals surface area (Å²) >= 11 is 0. The van der Waals surface area contributed by atoms with Crippen molar-refractivity contribution in [2.75, 3.05) is 0 Å². The number of hydrogen-bond donors (Lipinski definition) is 0. The van der Waals surface area contributed by atoms with Crippen LogP contribution in [0.4, 0.5) is 0 Å². The Kier molecular flexibility index (Phi) is 3.24. The van der Waals surface area contributed by atoms with Gasteiger partial charge in [0, 0.05) is 36.3 Å². The van der Waals surface area contributed by atoms with Gasteiger partial charge >= 0.3 is 0 Å². The van der Waals surface area contributed by atoms with Crippen LogP contribution in [0.1, 0.15) is 11.1 Å². The van der Waals surface area contributed by atoms with Crippen LogP contribution >= 0.6 is 0 Å². The van der Waals surface area contributed by atoms with Crippen molar-refractivity contribution in [2.24, 2.45) is 0 Å². The van der Waals surface area contributed by atoms with Crippen LogP contribution in [0.25, 0.3) is 6.08 Å². The monoisotopic (exact) mass is 193 g/mol. The van der Waals surface area contributed by atoms with Gasteiger partial charge in [-0.1, -0.05) is 18.2 Å². The third-order valence-corrected chi connectivity index (χ3v) is 2.18. The minimum absolute atomic E-state index is 1.23. The van der Waals surface area contributed by atoms with E-state index in [0.29, 0.717) is 0 Å². The van der Waals surface area contributed by atoms with E-state index in [-0.39, 0.29) is 0 Å². The zero-order chi connectivity index (χ0) is 10.3. The molecule has 0 aromatic heterocycles. The molecule has 0 aliphatic heterocycles. The van der Waals surface area contributed by atoms with Crippen LogP contribution in [0.2, 0.25) is 0 Å². The molecule has 2 rings (SSSR count). The Hall–Kier alpha value is -1.95. The third-order valence-electron chi connectivity index (χ3n) is 2.18. The highest BCUT2D eigenvalue weighted by atomic mass is 13.9. The Labute approximate surface area is 90.9 Å². The molecule has 0 aliphatic carbocycles. The van der Waals surface area contributed by atoms with Gasteiger partial charge in [-0.05, 0) is 30.3 Å². The SMILES string of the molecule is C(=C\c1ccccc1)/[CH+]c1ccccc1. The van der Waals surface area contributed by atoms with Crippen molar-refractivity contribution in [3.63, 3.8) is 0 Å². The van der Waals surface area contributed by atoms with Crippen LogP contribution in [-0.2, 0) is 0 Å². The summed E-state index contributed by atoms with van der Waals surface area (Å²) in [5.41, 5.74) is 2.45. The lowest BCUT2D eigenvalue weighted by Gasteiger charge is -1.88. The van der Waals surface area contributed by atoms with Crippen LogP contribution in [0.15, 0.2) is 66.7 Å². The van der Waals surface area contributed by atoms with E-state index >= 15 is 0 Å². The van der Waals surface area contributed by atoms with Crippen molar-refractivity contribution in [3.05, 3.63) is 84.3 Å². The first-order valence-electron chi connectivity index (χ1n) is 5.07. The maximum absolute atomic E-state index is 2.10. The molecule has 2 aromatic rings. The quantitative estimate of drug-likeness (QED) is 0.647. The minimum atomic E-state index is 1.23. The van der Waals surface area contributed by atoms with E-state index in [1.807, 2.05) is 36.4 Å². The summed E-state index contributed by atoms with van der Waals surface area (Å²) in [6.07, 6.45) is 6.28. The lowest BCUT2D eigenvalue weighted by Crippen LogP contribution is -1.75. The number of benzene rings is 2. The van der Waals surface area contributed by atoms with Gasteiger partial charge in [-0.2, -0.15) is 0 Å². The standard InChI is InChI=1S/C15H13/c1-3-8-14(9-4-1)12-7-13-15-10-5-2-6-11-15/h1-13H/q+1/b12-7+. The first-order valence-corrected chi connectivity index (χ1v) is 5.07. The molecule has 15 heavy (non-hydrogen) atoms. The molecule has 0 amide bonds. The van der Waals surface area contributed by atoms with Crippen molar-refractivity contribution in [2.45, 2.75) is 0 Å². The lowest BCUT2D eigenvalue weighted by molar-refractivity contribution is 1.53. The molecule has 0 aliphatic rings. The van der Waals surface area contributed by atoms with Gasteiger partial charge in [-0.3, -0.25) is 0 Å². The number of allylic oxidation sites excluding steroid dienone is 1. The molecule has 0 N–H and O–H groups in total. The molecule has 0 heterocycles. The molecule has 0 atom stereocenters. The van der Waals surface area contributed by atoms with Crippen LogP contribution in [0.3, 0.4) is 0 Å². The van der Waals surface area contributed by atoms with E-state index < -0.39 is 0 Å². The summed E-state index contributed by atoms with van der Waals surface area (Å²) in [5.74, 6) is 0. The van der Waals surface area contributed by atoms with Gasteiger partial charge in [-0.25, -0.2) is 0 Å². The minimum Gasteiger partial charge on any atom is -0.0622 e. The highest BCUT2D eigenvalue weighted by Crippen LogP contribution is 2.06. The molecule has 0 unspecified atom stereocenters. The van der Waals surface area contributed by atoms with Crippen molar-refractivity contribution < 1.29 is 0 Å². The average molecular weight is 193 g/mol. The van der Waals surface area contributed by atoms with Gasteiger partial charge in [0.05, 0.1) is 5.56 Å². The largest absolute Gasteiger partial charge is 0.0952 e. The second-order valence-corrected chi connectivity index (χ2v) is 3.35. The van der Waals surface area contributed by atoms with Crippen molar-refractivity contribution in [3.8, 4) is 0 Å². The molecule has 0 heteroatoms. The average Bonchev–Trinajstić information content (AvgIpc) is 2.32. The summed E-state index contributed by atoms with van der Waals surface area (Å²) in [6.45, 7) is 0. The summed E-state index contributed by atoms with van der Waals surface area (Å²) in [6, 6.07) is 20.6. The molecule has 0 bridgehead atoms. The fourth-order valence-electron chi connectivity index (χ4n) is 1.40. The van der Waals surface area contributed by atoms with Crippen LogP contribution < -0.4 is 0 Å². The molecule has 0 spiro atoms. The van der Waals surface area contributed by atoms with E-state index in [9.17, 15) is 0 Å². The number of rotatable bonds is 3. The first kappa shape index (κ1) is 9.60. The highest BCUT2D eigenvalue weighted by molar-refractivity contribution is 5.51. The smallest absolute Gasteiger partial charge is 0.0622 e. The maximum Gasteiger partial charge on any atom is 0.0952 e. The van der Waals surface area contributed by atoms with Gasteiger partial charge in [0.25, 0.3) is 0 Å².